The summed E-state index contributed by atoms with van der Waals surface area (Å²) in [6.45, 7) is 0. The Morgan fingerprint density at radius 2 is 1.35 bits per heavy atom. The predicted octanol–water partition coefficient (Wildman–Crippen LogP) is 5.03. The Kier molecular flexibility index (Phi) is 4.24. The molecule has 2 aromatic rings. The second-order valence-electron chi connectivity index (χ2n) is 3.68. The topological polar surface area (TPSA) is 0 Å². The Bertz CT molecular complexity index is 487. The lowest BCUT2D eigenvalue weighted by molar-refractivity contribution is 1.53. The molecule has 0 radical (unpaired) electrons. The summed E-state index contributed by atoms with van der Waals surface area (Å²) in [6, 6.07) is 20.0. The molecular formula is C15H12Cl2. The maximum atomic E-state index is 6.03. The van der Waals surface area contributed by atoms with Crippen molar-refractivity contribution >= 4 is 34.9 Å². The summed E-state index contributed by atoms with van der Waals surface area (Å²) in [5.74, 6) is 0. The lowest BCUT2D eigenvalue weighted by Gasteiger charge is -2.08. The summed E-state index contributed by atoms with van der Waals surface area (Å²) >= 11 is 12.1. The average Bonchev–Trinajstić information content (AvgIpc) is 2.38. The van der Waals surface area contributed by atoms with Crippen molar-refractivity contribution in [3.63, 3.8) is 0 Å². The van der Waals surface area contributed by atoms with Crippen LogP contribution in [0.25, 0.3) is 11.6 Å². The van der Waals surface area contributed by atoms with Crippen molar-refractivity contribution in [1.29, 1.82) is 0 Å². The molecule has 0 unspecified atom stereocenters. The van der Waals surface area contributed by atoms with Gasteiger partial charge in [-0.25, -0.2) is 0 Å². The first kappa shape index (κ1) is 12.2. The number of halogens is 2. The van der Waals surface area contributed by atoms with Crippen LogP contribution in [0.1, 0.15) is 11.1 Å². The zero-order chi connectivity index (χ0) is 12.1. The van der Waals surface area contributed by atoms with E-state index >= 15 is 0 Å². The molecule has 0 spiro atoms. The van der Waals surface area contributed by atoms with Gasteiger partial charge >= 0.3 is 0 Å². The van der Waals surface area contributed by atoms with Gasteiger partial charge in [-0.3, -0.25) is 0 Å². The number of hydrogen-bond acceptors (Lipinski definition) is 0. The van der Waals surface area contributed by atoms with Gasteiger partial charge in [-0.15, -0.1) is 23.2 Å². The lowest BCUT2D eigenvalue weighted by atomic mass is 10.0. The molecule has 0 aromatic heterocycles. The minimum atomic E-state index is -0.530. The smallest absolute Gasteiger partial charge is 0.100 e. The van der Waals surface area contributed by atoms with E-state index in [1.807, 2.05) is 66.7 Å². The summed E-state index contributed by atoms with van der Waals surface area (Å²) in [6.07, 6.45) is 2.01. The van der Waals surface area contributed by atoms with E-state index in [1.165, 1.54) is 0 Å². The van der Waals surface area contributed by atoms with Gasteiger partial charge in [0, 0.05) is 0 Å². The van der Waals surface area contributed by atoms with E-state index in [4.69, 9.17) is 23.2 Å². The van der Waals surface area contributed by atoms with Crippen LogP contribution in [-0.4, -0.2) is 4.84 Å². The van der Waals surface area contributed by atoms with Crippen LogP contribution in [0.2, 0.25) is 0 Å². The molecule has 0 aliphatic rings. The van der Waals surface area contributed by atoms with E-state index in [2.05, 4.69) is 0 Å². The molecule has 0 aliphatic heterocycles. The largest absolute Gasteiger partial charge is 0.133 e. The molecule has 0 bridgehead atoms. The van der Waals surface area contributed by atoms with Gasteiger partial charge in [-0.2, -0.15) is 0 Å². The van der Waals surface area contributed by atoms with Crippen LogP contribution in [-0.2, 0) is 0 Å². The zero-order valence-corrected chi connectivity index (χ0v) is 10.7. The van der Waals surface area contributed by atoms with E-state index in [9.17, 15) is 0 Å². The Balaban J connectivity index is 2.40. The summed E-state index contributed by atoms with van der Waals surface area (Å²) in [5.41, 5.74) is 3.06. The minimum absolute atomic E-state index is 0.530. The van der Waals surface area contributed by atoms with Crippen LogP contribution in [0.4, 0.5) is 0 Å². The molecule has 0 saturated carbocycles. The molecule has 0 N–H and O–H groups in total. The van der Waals surface area contributed by atoms with E-state index in [-0.39, 0.29) is 0 Å². The molecular weight excluding hydrogens is 251 g/mol. The van der Waals surface area contributed by atoms with Crippen molar-refractivity contribution in [2.24, 2.45) is 0 Å². The first-order chi connectivity index (χ1) is 8.27. The van der Waals surface area contributed by atoms with E-state index in [0.717, 1.165) is 16.7 Å². The van der Waals surface area contributed by atoms with Crippen molar-refractivity contribution in [2.45, 2.75) is 4.84 Å². The Morgan fingerprint density at radius 1 is 0.824 bits per heavy atom. The molecule has 2 rings (SSSR count). The zero-order valence-electron chi connectivity index (χ0n) is 9.18. The Hall–Kier alpha value is -1.24. The van der Waals surface area contributed by atoms with Crippen molar-refractivity contribution in [3.05, 3.63) is 71.8 Å². The van der Waals surface area contributed by atoms with Gasteiger partial charge < -0.3 is 0 Å². The molecule has 17 heavy (non-hydrogen) atoms. The van der Waals surface area contributed by atoms with Crippen molar-refractivity contribution in [1.82, 2.24) is 0 Å². The standard InChI is InChI=1S/C15H12Cl2/c16-15(17)14(13-9-5-2-6-10-13)11-12-7-3-1-4-8-12/h1-11,15H/b14-11-. The van der Waals surface area contributed by atoms with Crippen LogP contribution >= 0.6 is 23.2 Å². The maximum Gasteiger partial charge on any atom is 0.133 e. The summed E-state index contributed by atoms with van der Waals surface area (Å²) < 4.78 is 0. The fraction of sp³-hybridized carbons (Fsp3) is 0.0667. The van der Waals surface area contributed by atoms with Crippen molar-refractivity contribution < 1.29 is 0 Å². The highest BCUT2D eigenvalue weighted by molar-refractivity contribution is 6.50. The number of rotatable bonds is 3. The van der Waals surface area contributed by atoms with Crippen LogP contribution in [0.3, 0.4) is 0 Å². The minimum Gasteiger partial charge on any atom is -0.100 e. The van der Waals surface area contributed by atoms with Crippen LogP contribution in [0.15, 0.2) is 60.7 Å². The quantitative estimate of drug-likeness (QED) is 0.538. The molecule has 0 amide bonds. The molecule has 0 fully saturated rings. The fourth-order valence-electron chi connectivity index (χ4n) is 1.63. The van der Waals surface area contributed by atoms with Gasteiger partial charge in [0.1, 0.15) is 4.84 Å². The SMILES string of the molecule is ClC(Cl)/C(=C\c1ccccc1)c1ccccc1. The third-order valence-electron chi connectivity index (χ3n) is 2.46. The summed E-state index contributed by atoms with van der Waals surface area (Å²) in [4.78, 5) is -0.530. The number of alkyl halides is 2. The van der Waals surface area contributed by atoms with E-state index in [0.29, 0.717) is 0 Å². The summed E-state index contributed by atoms with van der Waals surface area (Å²) in [7, 11) is 0. The number of hydrogen-bond donors (Lipinski definition) is 0. The fourth-order valence-corrected chi connectivity index (χ4v) is 2.01. The highest BCUT2D eigenvalue weighted by atomic mass is 35.5. The molecule has 2 heteroatoms. The first-order valence-electron chi connectivity index (χ1n) is 5.37. The van der Waals surface area contributed by atoms with Crippen molar-refractivity contribution in [2.75, 3.05) is 0 Å². The van der Waals surface area contributed by atoms with Crippen LogP contribution < -0.4 is 0 Å². The van der Waals surface area contributed by atoms with E-state index in [1.54, 1.807) is 0 Å². The predicted molar refractivity (Wildman–Crippen MR) is 76.2 cm³/mol. The molecule has 0 atom stereocenters. The first-order valence-corrected chi connectivity index (χ1v) is 6.25. The molecule has 0 heterocycles. The average molecular weight is 263 g/mol. The van der Waals surface area contributed by atoms with Crippen LogP contribution in [0.5, 0.6) is 0 Å². The monoisotopic (exact) mass is 262 g/mol. The molecule has 0 saturated heterocycles. The normalized spacial score (nSPS) is 11.8. The van der Waals surface area contributed by atoms with Gasteiger partial charge in [0.05, 0.1) is 0 Å². The molecule has 0 aliphatic carbocycles. The second-order valence-corrected chi connectivity index (χ2v) is 4.77. The van der Waals surface area contributed by atoms with Crippen LogP contribution in [0, 0.1) is 0 Å². The van der Waals surface area contributed by atoms with Gasteiger partial charge in [-0.1, -0.05) is 60.7 Å². The highest BCUT2D eigenvalue weighted by Gasteiger charge is 2.09. The third kappa shape index (κ3) is 3.36. The van der Waals surface area contributed by atoms with Gasteiger partial charge in [0.25, 0.3) is 0 Å². The number of benzene rings is 2. The molecule has 0 nitrogen and oxygen atoms in total. The lowest BCUT2D eigenvalue weighted by Crippen LogP contribution is -1.93. The van der Waals surface area contributed by atoms with Crippen molar-refractivity contribution in [3.8, 4) is 0 Å². The maximum absolute atomic E-state index is 6.03. The Morgan fingerprint density at radius 3 is 1.88 bits per heavy atom. The molecule has 2 aromatic carbocycles. The van der Waals surface area contributed by atoms with Gasteiger partial charge in [-0.05, 0) is 22.8 Å². The molecule has 86 valence electrons. The van der Waals surface area contributed by atoms with Gasteiger partial charge in [0.2, 0.25) is 0 Å². The third-order valence-corrected chi connectivity index (χ3v) is 2.93. The second kappa shape index (κ2) is 5.90. The Labute approximate surface area is 112 Å². The highest BCUT2D eigenvalue weighted by Crippen LogP contribution is 2.27. The van der Waals surface area contributed by atoms with E-state index < -0.39 is 4.84 Å². The van der Waals surface area contributed by atoms with Gasteiger partial charge in [0.15, 0.2) is 0 Å². The number of allylic oxidation sites excluding steroid dienone is 1. The summed E-state index contributed by atoms with van der Waals surface area (Å²) in [5, 5.41) is 0.